The van der Waals surface area contributed by atoms with Crippen LogP contribution in [0.3, 0.4) is 0 Å². The number of aromatic nitrogens is 2. The summed E-state index contributed by atoms with van der Waals surface area (Å²) in [7, 11) is 3.69. The summed E-state index contributed by atoms with van der Waals surface area (Å²) in [5.41, 5.74) is 0. The van der Waals surface area contributed by atoms with Crippen LogP contribution in [0.15, 0.2) is 30.7 Å². The summed E-state index contributed by atoms with van der Waals surface area (Å²) in [6.45, 7) is 4.00. The van der Waals surface area contributed by atoms with E-state index in [1.54, 1.807) is 29.6 Å². The van der Waals surface area contributed by atoms with Gasteiger partial charge in [-0.1, -0.05) is 13.8 Å². The van der Waals surface area contributed by atoms with E-state index in [2.05, 4.69) is 9.97 Å². The molecule has 0 unspecified atom stereocenters. The van der Waals surface area contributed by atoms with Crippen molar-refractivity contribution in [3.05, 3.63) is 36.6 Å². The molecule has 0 spiro atoms. The molecular formula is C11H17N3O. The van der Waals surface area contributed by atoms with Gasteiger partial charge in [-0.3, -0.25) is 4.79 Å². The van der Waals surface area contributed by atoms with E-state index in [0.717, 1.165) is 0 Å². The number of nitrogens with zero attached hydrogens (tertiary/aromatic N) is 3. The summed E-state index contributed by atoms with van der Waals surface area (Å²) in [5.74, 6) is 0.0369. The number of carbonyl (C=O) groups is 1. The predicted molar refractivity (Wildman–Crippen MR) is 60.5 cm³/mol. The molecule has 0 aromatic carbocycles. The minimum Gasteiger partial charge on any atom is -0.383 e. The van der Waals surface area contributed by atoms with Gasteiger partial charge >= 0.3 is 0 Å². The van der Waals surface area contributed by atoms with Crippen molar-refractivity contribution in [2.75, 3.05) is 14.1 Å². The second kappa shape index (κ2) is 7.67. The fourth-order valence-corrected chi connectivity index (χ4v) is 0.718. The Labute approximate surface area is 90.7 Å². The van der Waals surface area contributed by atoms with E-state index in [1.165, 1.54) is 6.08 Å². The van der Waals surface area contributed by atoms with Crippen molar-refractivity contribution in [1.29, 1.82) is 0 Å². The smallest absolute Gasteiger partial charge is 0.224 e. The molecule has 82 valence electrons. The third-order valence-electron chi connectivity index (χ3n) is 1.31. The third kappa shape index (κ3) is 5.57. The summed E-state index contributed by atoms with van der Waals surface area (Å²) in [6, 6.07) is 1.67. The number of hydrogen-bond donors (Lipinski definition) is 0. The normalized spacial score (nSPS) is 9.33. The summed E-state index contributed by atoms with van der Waals surface area (Å²) < 4.78 is 0. The maximum Gasteiger partial charge on any atom is 0.224 e. The number of hydrogen-bond acceptors (Lipinski definition) is 4. The fraction of sp³-hybridized carbons (Fsp3) is 0.364. The summed E-state index contributed by atoms with van der Waals surface area (Å²) in [4.78, 5) is 20.7. The molecule has 0 saturated heterocycles. The maximum absolute atomic E-state index is 11.3. The minimum atomic E-state index is -0.186. The predicted octanol–water partition coefficient (Wildman–Crippen LogP) is 1.76. The van der Waals surface area contributed by atoms with Crippen molar-refractivity contribution in [2.24, 2.45) is 0 Å². The van der Waals surface area contributed by atoms with Crippen molar-refractivity contribution in [1.82, 2.24) is 14.9 Å². The van der Waals surface area contributed by atoms with E-state index in [0.29, 0.717) is 0 Å². The molecule has 0 radical (unpaired) electrons. The van der Waals surface area contributed by atoms with Gasteiger partial charge in [0.25, 0.3) is 0 Å². The zero-order valence-corrected chi connectivity index (χ0v) is 9.64. The standard InChI is InChI=1S/C9H11N3O.C2H6/c1-12(2)7-4-8(13)9-10-5-3-6-11-9;1-2/h3-7H,1-2H3;1-2H3/b7-4+;. The molecule has 4 heteroatoms. The Kier molecular flexibility index (Phi) is 6.80. The first-order valence-corrected chi connectivity index (χ1v) is 4.86. The Morgan fingerprint density at radius 1 is 1.27 bits per heavy atom. The summed E-state index contributed by atoms with van der Waals surface area (Å²) in [5, 5.41) is 0. The van der Waals surface area contributed by atoms with Gasteiger partial charge in [0.1, 0.15) is 0 Å². The van der Waals surface area contributed by atoms with Crippen molar-refractivity contribution in [2.45, 2.75) is 13.8 Å². The lowest BCUT2D eigenvalue weighted by atomic mass is 10.3. The first-order chi connectivity index (χ1) is 7.20. The van der Waals surface area contributed by atoms with E-state index in [-0.39, 0.29) is 11.6 Å². The van der Waals surface area contributed by atoms with Crippen molar-refractivity contribution < 1.29 is 4.79 Å². The average Bonchev–Trinajstić information content (AvgIpc) is 2.30. The number of allylic oxidation sites excluding steroid dienone is 1. The van der Waals surface area contributed by atoms with Crippen LogP contribution in [0.4, 0.5) is 0 Å². The van der Waals surface area contributed by atoms with Crippen molar-refractivity contribution in [3.63, 3.8) is 0 Å². The van der Waals surface area contributed by atoms with Gasteiger partial charge in [0.15, 0.2) is 5.82 Å². The van der Waals surface area contributed by atoms with Crippen LogP contribution >= 0.6 is 0 Å². The zero-order chi connectivity index (χ0) is 11.7. The van der Waals surface area contributed by atoms with E-state index < -0.39 is 0 Å². The number of carbonyl (C=O) groups excluding carboxylic acids is 1. The summed E-state index contributed by atoms with van der Waals surface area (Å²) >= 11 is 0. The van der Waals surface area contributed by atoms with Crippen LogP contribution in [0.1, 0.15) is 24.5 Å². The highest BCUT2D eigenvalue weighted by Gasteiger charge is 2.02. The Bertz CT molecular complexity index is 307. The fourth-order valence-electron chi connectivity index (χ4n) is 0.718. The second-order valence-corrected chi connectivity index (χ2v) is 2.72. The third-order valence-corrected chi connectivity index (χ3v) is 1.31. The van der Waals surface area contributed by atoms with Gasteiger partial charge in [-0.2, -0.15) is 0 Å². The van der Waals surface area contributed by atoms with Gasteiger partial charge in [0.2, 0.25) is 5.78 Å². The molecular weight excluding hydrogens is 190 g/mol. The van der Waals surface area contributed by atoms with Crippen LogP contribution in [-0.2, 0) is 0 Å². The van der Waals surface area contributed by atoms with Crippen LogP contribution in [0.25, 0.3) is 0 Å². The van der Waals surface area contributed by atoms with E-state index in [4.69, 9.17) is 0 Å². The molecule has 0 aliphatic rings. The van der Waals surface area contributed by atoms with Crippen molar-refractivity contribution in [3.8, 4) is 0 Å². The highest BCUT2D eigenvalue weighted by molar-refractivity contribution is 6.01. The van der Waals surface area contributed by atoms with E-state index >= 15 is 0 Å². The molecule has 0 aliphatic heterocycles. The minimum absolute atomic E-state index is 0.186. The molecule has 1 rings (SSSR count). The molecule has 0 amide bonds. The van der Waals surface area contributed by atoms with Crippen LogP contribution in [0, 0.1) is 0 Å². The maximum atomic E-state index is 11.3. The van der Waals surface area contributed by atoms with Crippen LogP contribution in [-0.4, -0.2) is 34.7 Å². The highest BCUT2D eigenvalue weighted by atomic mass is 16.1. The van der Waals surface area contributed by atoms with Gasteiger partial charge < -0.3 is 4.90 Å². The topological polar surface area (TPSA) is 46.1 Å². The Balaban J connectivity index is 0.000000921. The monoisotopic (exact) mass is 207 g/mol. The molecule has 4 nitrogen and oxygen atoms in total. The van der Waals surface area contributed by atoms with Crippen LogP contribution in [0.5, 0.6) is 0 Å². The van der Waals surface area contributed by atoms with Gasteiger partial charge in [-0.25, -0.2) is 9.97 Å². The largest absolute Gasteiger partial charge is 0.383 e. The first kappa shape index (κ1) is 13.3. The quantitative estimate of drug-likeness (QED) is 0.559. The first-order valence-electron chi connectivity index (χ1n) is 4.86. The highest BCUT2D eigenvalue weighted by Crippen LogP contribution is 1.91. The zero-order valence-electron chi connectivity index (χ0n) is 9.64. The molecule has 0 saturated carbocycles. The Hall–Kier alpha value is -1.71. The van der Waals surface area contributed by atoms with E-state index in [1.807, 2.05) is 27.9 Å². The Morgan fingerprint density at radius 2 is 1.80 bits per heavy atom. The number of ketones is 1. The van der Waals surface area contributed by atoms with Crippen LogP contribution in [0.2, 0.25) is 0 Å². The lowest BCUT2D eigenvalue weighted by Gasteiger charge is -2.01. The van der Waals surface area contributed by atoms with E-state index in [9.17, 15) is 4.79 Å². The van der Waals surface area contributed by atoms with Gasteiger partial charge in [0.05, 0.1) is 0 Å². The Morgan fingerprint density at radius 3 is 2.27 bits per heavy atom. The van der Waals surface area contributed by atoms with Gasteiger partial charge in [0, 0.05) is 38.8 Å². The molecule has 0 bridgehead atoms. The number of rotatable bonds is 3. The molecule has 1 aromatic heterocycles. The molecule has 15 heavy (non-hydrogen) atoms. The second-order valence-electron chi connectivity index (χ2n) is 2.72. The SMILES string of the molecule is CC.CN(C)/C=C/C(=O)c1ncccn1. The summed E-state index contributed by atoms with van der Waals surface area (Å²) in [6.07, 6.45) is 6.20. The molecule has 1 heterocycles. The molecule has 0 fully saturated rings. The van der Waals surface area contributed by atoms with Gasteiger partial charge in [-0.15, -0.1) is 0 Å². The lowest BCUT2D eigenvalue weighted by molar-refractivity contribution is 0.103. The molecule has 1 aromatic rings. The average molecular weight is 207 g/mol. The molecule has 0 atom stereocenters. The van der Waals surface area contributed by atoms with Gasteiger partial charge in [-0.05, 0) is 6.07 Å². The van der Waals surface area contributed by atoms with Crippen molar-refractivity contribution >= 4 is 5.78 Å². The lowest BCUT2D eigenvalue weighted by Crippen LogP contribution is -2.05. The molecule has 0 N–H and O–H groups in total. The van der Waals surface area contributed by atoms with Crippen LogP contribution < -0.4 is 0 Å². The molecule has 0 aliphatic carbocycles.